The summed E-state index contributed by atoms with van der Waals surface area (Å²) in [5.74, 6) is 1.07. The minimum Gasteiger partial charge on any atom is -0.344 e. The number of hydrogen-bond acceptors (Lipinski definition) is 2. The molecule has 102 valence electrons. The van der Waals surface area contributed by atoms with Crippen molar-refractivity contribution in [3.05, 3.63) is 23.8 Å². The lowest BCUT2D eigenvalue weighted by Gasteiger charge is -2.32. The van der Waals surface area contributed by atoms with Gasteiger partial charge in [0.1, 0.15) is 0 Å². The zero-order chi connectivity index (χ0) is 13.0. The molecule has 0 amide bonds. The summed E-state index contributed by atoms with van der Waals surface area (Å²) in [5, 5.41) is 0. The Morgan fingerprint density at radius 1 is 1.39 bits per heavy atom. The number of hydrogen-bond donors (Lipinski definition) is 0. The second-order valence-corrected chi connectivity index (χ2v) is 5.91. The molecule has 1 saturated heterocycles. The van der Waals surface area contributed by atoms with Crippen molar-refractivity contribution in [3.8, 4) is 0 Å². The molecule has 0 aromatic carbocycles. The summed E-state index contributed by atoms with van der Waals surface area (Å²) in [5.41, 5.74) is 1.42. The maximum Gasteiger partial charge on any atom is 0.188 e. The molecule has 0 aromatic rings. The third-order valence-electron chi connectivity index (χ3n) is 4.11. The molecular weight excluding hydrogens is 224 g/mol. The first-order valence-corrected chi connectivity index (χ1v) is 7.22. The average molecular weight is 250 g/mol. The molecule has 2 rings (SSSR count). The van der Waals surface area contributed by atoms with Gasteiger partial charge in [-0.25, -0.2) is 0 Å². The van der Waals surface area contributed by atoms with Crippen LogP contribution in [0.1, 0.15) is 46.5 Å². The van der Waals surface area contributed by atoms with Crippen molar-refractivity contribution in [1.29, 1.82) is 0 Å². The van der Waals surface area contributed by atoms with Gasteiger partial charge in [-0.05, 0) is 51.0 Å². The molecule has 1 spiro atoms. The van der Waals surface area contributed by atoms with E-state index in [9.17, 15) is 0 Å². The van der Waals surface area contributed by atoms with Crippen molar-refractivity contribution in [2.75, 3.05) is 13.2 Å². The second kappa shape index (κ2) is 6.03. The Bertz CT molecular complexity index is 320. The van der Waals surface area contributed by atoms with Crippen LogP contribution in [0.2, 0.25) is 0 Å². The smallest absolute Gasteiger partial charge is 0.188 e. The van der Waals surface area contributed by atoms with E-state index in [0.29, 0.717) is 5.92 Å². The fraction of sp³-hybridized carbons (Fsp3) is 0.750. The summed E-state index contributed by atoms with van der Waals surface area (Å²) in [4.78, 5) is 0. The third kappa shape index (κ3) is 3.46. The van der Waals surface area contributed by atoms with E-state index in [-0.39, 0.29) is 5.79 Å². The van der Waals surface area contributed by atoms with Gasteiger partial charge in [0, 0.05) is 6.42 Å². The average Bonchev–Trinajstić information content (AvgIpc) is 2.78. The van der Waals surface area contributed by atoms with Gasteiger partial charge in [0.05, 0.1) is 13.2 Å². The molecule has 2 aliphatic rings. The highest BCUT2D eigenvalue weighted by atomic mass is 16.7. The SMILES string of the molecule is CC(C)=CCCC(C)C1C=CC2(CC1)OCCO2. The minimum absolute atomic E-state index is 0.365. The molecule has 1 heterocycles. The van der Waals surface area contributed by atoms with E-state index < -0.39 is 0 Å². The topological polar surface area (TPSA) is 18.5 Å². The van der Waals surface area contributed by atoms with E-state index in [4.69, 9.17) is 9.47 Å². The molecule has 0 N–H and O–H groups in total. The summed E-state index contributed by atoms with van der Waals surface area (Å²) in [6, 6.07) is 0. The largest absolute Gasteiger partial charge is 0.344 e. The molecule has 1 fully saturated rings. The van der Waals surface area contributed by atoms with Gasteiger partial charge in [-0.15, -0.1) is 0 Å². The van der Waals surface area contributed by atoms with Gasteiger partial charge in [-0.3, -0.25) is 0 Å². The molecule has 2 nitrogen and oxygen atoms in total. The molecule has 0 aromatic heterocycles. The maximum absolute atomic E-state index is 5.70. The van der Waals surface area contributed by atoms with Gasteiger partial charge in [-0.2, -0.15) is 0 Å². The predicted molar refractivity (Wildman–Crippen MR) is 74.3 cm³/mol. The van der Waals surface area contributed by atoms with E-state index in [0.717, 1.165) is 25.6 Å². The van der Waals surface area contributed by atoms with Gasteiger partial charge in [0.15, 0.2) is 5.79 Å². The summed E-state index contributed by atoms with van der Waals surface area (Å²) >= 11 is 0. The first kappa shape index (κ1) is 13.8. The Hall–Kier alpha value is -0.600. The van der Waals surface area contributed by atoms with Crippen molar-refractivity contribution in [2.45, 2.75) is 52.2 Å². The van der Waals surface area contributed by atoms with E-state index in [1.54, 1.807) is 0 Å². The van der Waals surface area contributed by atoms with Crippen molar-refractivity contribution >= 4 is 0 Å². The van der Waals surface area contributed by atoms with Crippen LogP contribution in [-0.2, 0) is 9.47 Å². The molecule has 2 unspecified atom stereocenters. The molecule has 1 aliphatic heterocycles. The Morgan fingerprint density at radius 2 is 2.11 bits per heavy atom. The quantitative estimate of drug-likeness (QED) is 0.700. The lowest BCUT2D eigenvalue weighted by atomic mass is 9.81. The van der Waals surface area contributed by atoms with Crippen LogP contribution in [0.25, 0.3) is 0 Å². The van der Waals surface area contributed by atoms with Gasteiger partial charge < -0.3 is 9.47 Å². The number of rotatable bonds is 4. The Balaban J connectivity index is 1.82. The molecule has 0 radical (unpaired) electrons. The Morgan fingerprint density at radius 3 is 2.67 bits per heavy atom. The van der Waals surface area contributed by atoms with Gasteiger partial charge in [-0.1, -0.05) is 24.6 Å². The van der Waals surface area contributed by atoms with Crippen LogP contribution in [0, 0.1) is 11.8 Å². The summed E-state index contributed by atoms with van der Waals surface area (Å²) in [7, 11) is 0. The molecule has 0 bridgehead atoms. The molecule has 2 atom stereocenters. The van der Waals surface area contributed by atoms with E-state index in [1.165, 1.54) is 24.8 Å². The highest BCUT2D eigenvalue weighted by Crippen LogP contribution is 2.36. The monoisotopic (exact) mass is 250 g/mol. The number of ether oxygens (including phenoxy) is 2. The zero-order valence-corrected chi connectivity index (χ0v) is 11.9. The van der Waals surface area contributed by atoms with Crippen molar-refractivity contribution < 1.29 is 9.47 Å². The lowest BCUT2D eigenvalue weighted by molar-refractivity contribution is -0.128. The minimum atomic E-state index is -0.365. The normalized spacial score (nSPS) is 27.4. The van der Waals surface area contributed by atoms with E-state index >= 15 is 0 Å². The highest BCUT2D eigenvalue weighted by Gasteiger charge is 2.37. The van der Waals surface area contributed by atoms with Crippen molar-refractivity contribution in [3.63, 3.8) is 0 Å². The first-order chi connectivity index (χ1) is 8.61. The van der Waals surface area contributed by atoms with Gasteiger partial charge >= 0.3 is 0 Å². The van der Waals surface area contributed by atoms with E-state index in [2.05, 4.69) is 39.0 Å². The fourth-order valence-corrected chi connectivity index (χ4v) is 2.85. The summed E-state index contributed by atoms with van der Waals surface area (Å²) < 4.78 is 11.4. The van der Waals surface area contributed by atoms with Crippen LogP contribution >= 0.6 is 0 Å². The van der Waals surface area contributed by atoms with Crippen LogP contribution in [0.15, 0.2) is 23.8 Å². The standard InChI is InChI=1S/C16H26O2/c1-13(2)5-4-6-14(3)15-7-9-16(10-8-15)17-11-12-18-16/h5,7,9,14-15H,4,6,8,10-12H2,1-3H3. The second-order valence-electron chi connectivity index (χ2n) is 5.91. The van der Waals surface area contributed by atoms with Crippen LogP contribution in [0.4, 0.5) is 0 Å². The van der Waals surface area contributed by atoms with E-state index in [1.807, 2.05) is 0 Å². The Labute approximate surface area is 111 Å². The molecule has 1 aliphatic carbocycles. The maximum atomic E-state index is 5.70. The first-order valence-electron chi connectivity index (χ1n) is 7.22. The third-order valence-corrected chi connectivity index (χ3v) is 4.11. The zero-order valence-electron chi connectivity index (χ0n) is 11.9. The predicted octanol–water partition coefficient (Wildman–Crippen LogP) is 4.08. The molecule has 2 heteroatoms. The number of allylic oxidation sites excluding steroid dienone is 3. The molecule has 0 saturated carbocycles. The molecule has 18 heavy (non-hydrogen) atoms. The van der Waals surface area contributed by atoms with Crippen molar-refractivity contribution in [1.82, 2.24) is 0 Å². The highest BCUT2D eigenvalue weighted by molar-refractivity contribution is 5.06. The fourth-order valence-electron chi connectivity index (χ4n) is 2.85. The summed E-state index contributed by atoms with van der Waals surface area (Å²) in [6.07, 6.45) is 11.5. The Kier molecular flexibility index (Phi) is 4.63. The molecular formula is C16H26O2. The van der Waals surface area contributed by atoms with Crippen molar-refractivity contribution in [2.24, 2.45) is 11.8 Å². The van der Waals surface area contributed by atoms with Crippen LogP contribution in [0.3, 0.4) is 0 Å². The van der Waals surface area contributed by atoms with Crippen LogP contribution < -0.4 is 0 Å². The van der Waals surface area contributed by atoms with Crippen LogP contribution in [0.5, 0.6) is 0 Å². The van der Waals surface area contributed by atoms with Gasteiger partial charge in [0.25, 0.3) is 0 Å². The van der Waals surface area contributed by atoms with Gasteiger partial charge in [0.2, 0.25) is 0 Å². The van der Waals surface area contributed by atoms with Crippen LogP contribution in [-0.4, -0.2) is 19.0 Å². The lowest BCUT2D eigenvalue weighted by Crippen LogP contribution is -2.32. The summed E-state index contributed by atoms with van der Waals surface area (Å²) in [6.45, 7) is 8.19.